The van der Waals surface area contributed by atoms with Crippen LogP contribution in [0.2, 0.25) is 0 Å². The molecule has 24 heavy (non-hydrogen) atoms. The lowest BCUT2D eigenvalue weighted by Crippen LogP contribution is -2.44. The van der Waals surface area contributed by atoms with Crippen molar-refractivity contribution in [3.8, 4) is 0 Å². The van der Waals surface area contributed by atoms with Gasteiger partial charge < -0.3 is 10.2 Å². The Hall–Kier alpha value is -1.62. The standard InChI is InChI=1S/C19H28N4O/c1-15(24)22-10-3-11-23(13-12-22)16-5-7-19(8-6-16)14-21-18-17(19)4-2-9-20-18/h2,4,9,16H,3,5-8,10-14H2,1H3,(H,20,21). The molecule has 1 aromatic rings. The number of nitrogens with one attached hydrogen (secondary N) is 1. The molecule has 1 N–H and O–H groups in total. The van der Waals surface area contributed by atoms with Gasteiger partial charge in [0.05, 0.1) is 0 Å². The van der Waals surface area contributed by atoms with Crippen molar-refractivity contribution in [2.45, 2.75) is 50.5 Å². The Morgan fingerprint density at radius 3 is 2.88 bits per heavy atom. The van der Waals surface area contributed by atoms with Crippen LogP contribution < -0.4 is 5.32 Å². The van der Waals surface area contributed by atoms with Crippen molar-refractivity contribution in [3.05, 3.63) is 23.9 Å². The van der Waals surface area contributed by atoms with Gasteiger partial charge in [0.2, 0.25) is 5.91 Å². The largest absolute Gasteiger partial charge is 0.369 e. The van der Waals surface area contributed by atoms with Gasteiger partial charge in [0.1, 0.15) is 5.82 Å². The van der Waals surface area contributed by atoms with Gasteiger partial charge in [-0.05, 0) is 38.2 Å². The smallest absolute Gasteiger partial charge is 0.219 e. The molecule has 0 unspecified atom stereocenters. The fourth-order valence-corrected chi connectivity index (χ4v) is 4.91. The minimum atomic E-state index is 0.223. The Morgan fingerprint density at radius 2 is 2.08 bits per heavy atom. The molecule has 1 aromatic heterocycles. The second-order valence-electron chi connectivity index (χ2n) is 7.66. The molecule has 130 valence electrons. The molecule has 1 aliphatic carbocycles. The first-order valence-corrected chi connectivity index (χ1v) is 9.37. The van der Waals surface area contributed by atoms with E-state index in [2.05, 4.69) is 27.3 Å². The minimum Gasteiger partial charge on any atom is -0.369 e. The number of carbonyl (C=O) groups is 1. The third-order valence-electron chi connectivity index (χ3n) is 6.38. The van der Waals surface area contributed by atoms with E-state index < -0.39 is 0 Å². The van der Waals surface area contributed by atoms with E-state index in [9.17, 15) is 4.79 Å². The van der Waals surface area contributed by atoms with Gasteiger partial charge in [-0.2, -0.15) is 0 Å². The second-order valence-corrected chi connectivity index (χ2v) is 7.66. The van der Waals surface area contributed by atoms with Crippen LogP contribution in [0.3, 0.4) is 0 Å². The van der Waals surface area contributed by atoms with Gasteiger partial charge in [-0.1, -0.05) is 6.07 Å². The van der Waals surface area contributed by atoms with Crippen LogP contribution in [0.5, 0.6) is 0 Å². The van der Waals surface area contributed by atoms with Gasteiger partial charge in [-0.3, -0.25) is 9.69 Å². The number of fused-ring (bicyclic) bond motifs is 2. The first-order chi connectivity index (χ1) is 11.7. The summed E-state index contributed by atoms with van der Waals surface area (Å²) in [6.07, 6.45) is 8.00. The number of rotatable bonds is 1. The molecular weight excluding hydrogens is 300 g/mol. The summed E-state index contributed by atoms with van der Waals surface area (Å²) >= 11 is 0. The summed E-state index contributed by atoms with van der Waals surface area (Å²) in [5, 5.41) is 3.51. The summed E-state index contributed by atoms with van der Waals surface area (Å²) < 4.78 is 0. The third kappa shape index (κ3) is 2.79. The Labute approximate surface area is 144 Å². The quantitative estimate of drug-likeness (QED) is 0.859. The molecule has 1 saturated carbocycles. The van der Waals surface area contributed by atoms with Gasteiger partial charge in [-0.25, -0.2) is 4.98 Å². The Balaban J connectivity index is 1.39. The third-order valence-corrected chi connectivity index (χ3v) is 6.38. The maximum atomic E-state index is 11.6. The Morgan fingerprint density at radius 1 is 1.25 bits per heavy atom. The van der Waals surface area contributed by atoms with Crippen LogP contribution in [-0.4, -0.2) is 59.5 Å². The van der Waals surface area contributed by atoms with E-state index in [1.165, 1.54) is 31.2 Å². The fourth-order valence-electron chi connectivity index (χ4n) is 4.91. The average Bonchev–Trinajstić information content (AvgIpc) is 2.80. The van der Waals surface area contributed by atoms with E-state index in [-0.39, 0.29) is 5.91 Å². The molecule has 0 bridgehead atoms. The lowest BCUT2D eigenvalue weighted by atomic mass is 9.69. The van der Waals surface area contributed by atoms with E-state index in [1.807, 2.05) is 11.1 Å². The van der Waals surface area contributed by atoms with Crippen molar-refractivity contribution in [3.63, 3.8) is 0 Å². The highest BCUT2D eigenvalue weighted by Gasteiger charge is 2.43. The summed E-state index contributed by atoms with van der Waals surface area (Å²) in [5.74, 6) is 1.32. The molecule has 0 radical (unpaired) electrons. The molecule has 1 spiro atoms. The molecule has 5 nitrogen and oxygen atoms in total. The van der Waals surface area contributed by atoms with Crippen molar-refractivity contribution in [1.82, 2.24) is 14.8 Å². The second kappa shape index (κ2) is 6.36. The highest BCUT2D eigenvalue weighted by atomic mass is 16.2. The van der Waals surface area contributed by atoms with Crippen LogP contribution in [0.1, 0.15) is 44.6 Å². The minimum absolute atomic E-state index is 0.223. The number of hydrogen-bond acceptors (Lipinski definition) is 4. The number of hydrogen-bond donors (Lipinski definition) is 1. The van der Waals surface area contributed by atoms with Crippen molar-refractivity contribution in [1.29, 1.82) is 0 Å². The van der Waals surface area contributed by atoms with Gasteiger partial charge in [0.25, 0.3) is 0 Å². The van der Waals surface area contributed by atoms with Crippen molar-refractivity contribution < 1.29 is 4.79 Å². The molecule has 3 aliphatic rings. The van der Waals surface area contributed by atoms with Gasteiger partial charge in [0, 0.05) is 62.9 Å². The SMILES string of the molecule is CC(=O)N1CCCN(C2CCC3(CC2)CNc2ncccc23)CC1. The van der Waals surface area contributed by atoms with Gasteiger partial charge in [0.15, 0.2) is 0 Å². The first-order valence-electron chi connectivity index (χ1n) is 9.37. The summed E-state index contributed by atoms with van der Waals surface area (Å²) in [5.41, 5.74) is 1.74. The van der Waals surface area contributed by atoms with Crippen molar-refractivity contribution >= 4 is 11.7 Å². The predicted molar refractivity (Wildman–Crippen MR) is 95.1 cm³/mol. The molecule has 0 aromatic carbocycles. The summed E-state index contributed by atoms with van der Waals surface area (Å²) in [6.45, 7) is 6.73. The predicted octanol–water partition coefficient (Wildman–Crippen LogP) is 2.24. The zero-order valence-corrected chi connectivity index (χ0v) is 14.6. The molecule has 1 amide bonds. The summed E-state index contributed by atoms with van der Waals surface area (Å²) in [6, 6.07) is 5.02. The molecule has 3 heterocycles. The van der Waals surface area contributed by atoms with Crippen LogP contribution >= 0.6 is 0 Å². The van der Waals surface area contributed by atoms with Crippen LogP contribution in [0.4, 0.5) is 5.82 Å². The number of carbonyl (C=O) groups excluding carboxylic acids is 1. The number of amides is 1. The summed E-state index contributed by atoms with van der Waals surface area (Å²) in [7, 11) is 0. The zero-order valence-electron chi connectivity index (χ0n) is 14.6. The van der Waals surface area contributed by atoms with Crippen molar-refractivity contribution in [2.75, 3.05) is 38.0 Å². The number of anilines is 1. The van der Waals surface area contributed by atoms with Crippen LogP contribution in [0, 0.1) is 0 Å². The molecule has 5 heteroatoms. The van der Waals surface area contributed by atoms with E-state index in [0.717, 1.165) is 45.0 Å². The van der Waals surface area contributed by atoms with Crippen molar-refractivity contribution in [2.24, 2.45) is 0 Å². The van der Waals surface area contributed by atoms with E-state index in [4.69, 9.17) is 0 Å². The van der Waals surface area contributed by atoms with E-state index in [1.54, 1.807) is 6.92 Å². The molecule has 1 saturated heterocycles. The molecule has 4 rings (SSSR count). The first kappa shape index (κ1) is 15.9. The molecular formula is C19H28N4O. The fraction of sp³-hybridized carbons (Fsp3) is 0.684. The Bertz CT molecular complexity index is 609. The number of aromatic nitrogens is 1. The van der Waals surface area contributed by atoms with Crippen LogP contribution in [0.25, 0.3) is 0 Å². The van der Waals surface area contributed by atoms with E-state index in [0.29, 0.717) is 11.5 Å². The van der Waals surface area contributed by atoms with E-state index >= 15 is 0 Å². The monoisotopic (exact) mass is 328 g/mol. The highest BCUT2D eigenvalue weighted by Crippen LogP contribution is 2.46. The Kier molecular flexibility index (Phi) is 4.21. The lowest BCUT2D eigenvalue weighted by molar-refractivity contribution is -0.128. The lowest BCUT2D eigenvalue weighted by Gasteiger charge is -2.41. The highest BCUT2D eigenvalue weighted by molar-refractivity contribution is 5.73. The molecule has 2 fully saturated rings. The maximum Gasteiger partial charge on any atom is 0.219 e. The normalized spacial score (nSPS) is 30.7. The van der Waals surface area contributed by atoms with Crippen LogP contribution in [0.15, 0.2) is 18.3 Å². The number of nitrogens with zero attached hydrogens (tertiary/aromatic N) is 3. The van der Waals surface area contributed by atoms with Gasteiger partial charge in [-0.15, -0.1) is 0 Å². The average molecular weight is 328 g/mol. The molecule has 0 atom stereocenters. The molecule has 2 aliphatic heterocycles. The maximum absolute atomic E-state index is 11.6. The topological polar surface area (TPSA) is 48.5 Å². The summed E-state index contributed by atoms with van der Waals surface area (Å²) in [4.78, 5) is 20.8. The zero-order chi connectivity index (χ0) is 16.6. The van der Waals surface area contributed by atoms with Gasteiger partial charge >= 0.3 is 0 Å². The van der Waals surface area contributed by atoms with Crippen LogP contribution in [-0.2, 0) is 10.2 Å². The number of pyridine rings is 1.